The van der Waals surface area contributed by atoms with E-state index in [9.17, 15) is 0 Å². The van der Waals surface area contributed by atoms with Crippen molar-refractivity contribution in [3.63, 3.8) is 0 Å². The van der Waals surface area contributed by atoms with Crippen LogP contribution in [0.4, 0.5) is 5.69 Å². The van der Waals surface area contributed by atoms with Crippen molar-refractivity contribution in [1.29, 1.82) is 0 Å². The number of rotatable bonds is 1. The van der Waals surface area contributed by atoms with Gasteiger partial charge in [0.2, 0.25) is 5.89 Å². The molecule has 0 aliphatic rings. The molecule has 2 N–H and O–H groups in total. The zero-order chi connectivity index (χ0) is 12.7. The van der Waals surface area contributed by atoms with E-state index >= 15 is 0 Å². The van der Waals surface area contributed by atoms with Crippen LogP contribution in [0.3, 0.4) is 0 Å². The average Bonchev–Trinajstić information content (AvgIpc) is 2.83. The van der Waals surface area contributed by atoms with Crippen molar-refractivity contribution in [1.82, 2.24) is 4.98 Å². The van der Waals surface area contributed by atoms with Crippen LogP contribution in [0.15, 0.2) is 40.8 Å². The van der Waals surface area contributed by atoms with E-state index in [1.54, 1.807) is 6.07 Å². The highest BCUT2D eigenvalue weighted by molar-refractivity contribution is 6.35. The fraction of sp³-hybridized carbons (Fsp3) is 0.0714. The molecule has 1 aromatic heterocycles. The van der Waals surface area contributed by atoms with Crippen LogP contribution in [-0.2, 0) is 0 Å². The van der Waals surface area contributed by atoms with Crippen LogP contribution in [0.25, 0.3) is 22.6 Å². The summed E-state index contributed by atoms with van der Waals surface area (Å²) in [4.78, 5) is 4.47. The predicted molar refractivity (Wildman–Crippen MR) is 73.6 cm³/mol. The monoisotopic (exact) mass is 258 g/mol. The molecule has 3 rings (SSSR count). The van der Waals surface area contributed by atoms with E-state index in [0.717, 1.165) is 16.6 Å². The Hall–Kier alpha value is -2.00. The number of hydrogen-bond donors (Lipinski definition) is 1. The standard InChI is InChI=1S/C14H11ClN2O/c1-8-11(16)7-10(15)13-12(8)17-14(18-13)9-5-3-2-4-6-9/h2-7H,16H2,1H3. The van der Waals surface area contributed by atoms with Crippen LogP contribution in [0.5, 0.6) is 0 Å². The molecule has 0 aliphatic heterocycles. The van der Waals surface area contributed by atoms with Crippen LogP contribution in [0.1, 0.15) is 5.56 Å². The van der Waals surface area contributed by atoms with Crippen LogP contribution < -0.4 is 5.73 Å². The highest BCUT2D eigenvalue weighted by Crippen LogP contribution is 2.33. The highest BCUT2D eigenvalue weighted by Gasteiger charge is 2.14. The average molecular weight is 259 g/mol. The second-order valence-electron chi connectivity index (χ2n) is 4.14. The Morgan fingerprint density at radius 3 is 2.67 bits per heavy atom. The minimum atomic E-state index is 0.489. The first-order valence-corrected chi connectivity index (χ1v) is 5.95. The molecule has 4 heteroatoms. The van der Waals surface area contributed by atoms with Gasteiger partial charge >= 0.3 is 0 Å². The predicted octanol–water partition coefficient (Wildman–Crippen LogP) is 4.04. The Bertz CT molecular complexity index is 719. The number of halogens is 1. The van der Waals surface area contributed by atoms with Crippen LogP contribution in [0, 0.1) is 6.92 Å². The molecule has 0 saturated heterocycles. The summed E-state index contributed by atoms with van der Waals surface area (Å²) in [6, 6.07) is 11.4. The van der Waals surface area contributed by atoms with Crippen molar-refractivity contribution in [3.8, 4) is 11.5 Å². The van der Waals surface area contributed by atoms with Crippen molar-refractivity contribution in [2.24, 2.45) is 0 Å². The molecule has 0 unspecified atom stereocenters. The molecule has 3 nitrogen and oxygen atoms in total. The lowest BCUT2D eigenvalue weighted by molar-refractivity contribution is 0.620. The number of aromatic nitrogens is 1. The van der Waals surface area contributed by atoms with Gasteiger partial charge in [0.25, 0.3) is 0 Å². The quantitative estimate of drug-likeness (QED) is 0.670. The molecule has 0 bridgehead atoms. The first-order valence-electron chi connectivity index (χ1n) is 5.57. The molecule has 0 aliphatic carbocycles. The number of nitrogens with two attached hydrogens (primary N) is 1. The molecule has 0 spiro atoms. The van der Waals surface area contributed by atoms with Crippen LogP contribution in [-0.4, -0.2) is 4.98 Å². The molecule has 0 atom stereocenters. The number of aryl methyl sites for hydroxylation is 1. The van der Waals surface area contributed by atoms with Crippen molar-refractivity contribution in [2.45, 2.75) is 6.92 Å². The smallest absolute Gasteiger partial charge is 0.227 e. The maximum atomic E-state index is 6.12. The first kappa shape index (κ1) is 11.1. The second kappa shape index (κ2) is 4.03. The Morgan fingerprint density at radius 2 is 1.94 bits per heavy atom. The third-order valence-electron chi connectivity index (χ3n) is 2.94. The minimum absolute atomic E-state index is 0.489. The van der Waals surface area contributed by atoms with E-state index in [-0.39, 0.29) is 0 Å². The zero-order valence-corrected chi connectivity index (χ0v) is 10.5. The third-order valence-corrected chi connectivity index (χ3v) is 3.22. The molecule has 0 fully saturated rings. The Morgan fingerprint density at radius 1 is 1.22 bits per heavy atom. The van der Waals surface area contributed by atoms with Crippen molar-refractivity contribution in [2.75, 3.05) is 5.73 Å². The lowest BCUT2D eigenvalue weighted by atomic mass is 10.2. The Kier molecular flexibility index (Phi) is 2.49. The molecule has 0 radical (unpaired) electrons. The van der Waals surface area contributed by atoms with Crippen molar-refractivity contribution < 1.29 is 4.42 Å². The summed E-state index contributed by atoms with van der Waals surface area (Å²) < 4.78 is 5.72. The van der Waals surface area contributed by atoms with Gasteiger partial charge in [0, 0.05) is 16.8 Å². The third kappa shape index (κ3) is 1.64. The first-order chi connectivity index (χ1) is 8.66. The number of oxazole rings is 1. The zero-order valence-electron chi connectivity index (χ0n) is 9.77. The molecule has 90 valence electrons. The second-order valence-corrected chi connectivity index (χ2v) is 4.54. The van der Waals surface area contributed by atoms with Gasteiger partial charge in [-0.25, -0.2) is 4.98 Å². The van der Waals surface area contributed by atoms with Gasteiger partial charge in [-0.3, -0.25) is 0 Å². The molecule has 3 aromatic rings. The Balaban J connectivity index is 2.29. The molecule has 0 saturated carbocycles. The maximum absolute atomic E-state index is 6.12. The summed E-state index contributed by atoms with van der Waals surface area (Å²) in [5.41, 5.74) is 9.61. The van der Waals surface area contributed by atoms with Gasteiger partial charge < -0.3 is 10.2 Å². The van der Waals surface area contributed by atoms with Gasteiger partial charge in [0.15, 0.2) is 5.58 Å². The van der Waals surface area contributed by atoms with Gasteiger partial charge in [-0.15, -0.1) is 0 Å². The number of hydrogen-bond acceptors (Lipinski definition) is 3. The fourth-order valence-corrected chi connectivity index (χ4v) is 2.13. The fourth-order valence-electron chi connectivity index (χ4n) is 1.89. The minimum Gasteiger partial charge on any atom is -0.434 e. The summed E-state index contributed by atoms with van der Waals surface area (Å²) in [5.74, 6) is 0.557. The SMILES string of the molecule is Cc1c(N)cc(Cl)c2oc(-c3ccccc3)nc12. The summed E-state index contributed by atoms with van der Waals surface area (Å²) in [7, 11) is 0. The van der Waals surface area contributed by atoms with E-state index in [1.165, 1.54) is 0 Å². The summed E-state index contributed by atoms with van der Waals surface area (Å²) >= 11 is 6.12. The lowest BCUT2D eigenvalue weighted by Gasteiger charge is -2.00. The normalized spacial score (nSPS) is 11.0. The maximum Gasteiger partial charge on any atom is 0.227 e. The van der Waals surface area contributed by atoms with Gasteiger partial charge in [0.05, 0.1) is 5.02 Å². The van der Waals surface area contributed by atoms with E-state index in [2.05, 4.69) is 4.98 Å². The van der Waals surface area contributed by atoms with Crippen LogP contribution in [0.2, 0.25) is 5.02 Å². The van der Waals surface area contributed by atoms with Gasteiger partial charge in [-0.05, 0) is 25.1 Å². The van der Waals surface area contributed by atoms with Gasteiger partial charge in [-0.1, -0.05) is 29.8 Å². The highest BCUT2D eigenvalue weighted by atomic mass is 35.5. The Labute approximate surface area is 109 Å². The van der Waals surface area contributed by atoms with E-state index in [1.807, 2.05) is 37.3 Å². The lowest BCUT2D eigenvalue weighted by Crippen LogP contribution is -1.90. The molecule has 18 heavy (non-hydrogen) atoms. The summed E-state index contributed by atoms with van der Waals surface area (Å²) in [6.45, 7) is 1.91. The van der Waals surface area contributed by atoms with E-state index in [0.29, 0.717) is 22.2 Å². The van der Waals surface area contributed by atoms with Gasteiger partial charge in [0.1, 0.15) is 5.52 Å². The number of anilines is 1. The molecular weight excluding hydrogens is 248 g/mol. The topological polar surface area (TPSA) is 52.0 Å². The summed E-state index contributed by atoms with van der Waals surface area (Å²) in [5, 5.41) is 0.489. The molecular formula is C14H11ClN2O. The number of nitrogen functional groups attached to an aromatic ring is 1. The number of benzene rings is 2. The largest absolute Gasteiger partial charge is 0.434 e. The van der Waals surface area contributed by atoms with Gasteiger partial charge in [-0.2, -0.15) is 0 Å². The van der Waals surface area contributed by atoms with Crippen molar-refractivity contribution in [3.05, 3.63) is 47.0 Å². The van der Waals surface area contributed by atoms with E-state index < -0.39 is 0 Å². The van der Waals surface area contributed by atoms with E-state index in [4.69, 9.17) is 21.8 Å². The van der Waals surface area contributed by atoms with Crippen LogP contribution >= 0.6 is 11.6 Å². The molecule has 1 heterocycles. The van der Waals surface area contributed by atoms with Crippen molar-refractivity contribution >= 4 is 28.4 Å². The number of fused-ring (bicyclic) bond motifs is 1. The molecule has 2 aromatic carbocycles. The molecule has 0 amide bonds. The summed E-state index contributed by atoms with van der Waals surface area (Å²) in [6.07, 6.45) is 0. The number of nitrogens with zero attached hydrogens (tertiary/aromatic N) is 1.